The Morgan fingerprint density at radius 3 is 2.47 bits per heavy atom. The van der Waals surface area contributed by atoms with E-state index in [-0.39, 0.29) is 17.7 Å². The number of hydrogen-bond acceptors (Lipinski definition) is 7. The normalized spacial score (nSPS) is 14.5. The molecule has 32 heavy (non-hydrogen) atoms. The molecule has 9 nitrogen and oxygen atoms in total. The van der Waals surface area contributed by atoms with Gasteiger partial charge in [-0.05, 0) is 37.5 Å². The van der Waals surface area contributed by atoms with Gasteiger partial charge in [-0.1, -0.05) is 30.2 Å². The summed E-state index contributed by atoms with van der Waals surface area (Å²) in [5, 5.41) is 12.0. The van der Waals surface area contributed by atoms with Crippen molar-refractivity contribution < 1.29 is 19.6 Å². The summed E-state index contributed by atoms with van der Waals surface area (Å²) in [4.78, 5) is 44.1. The number of aromatic nitrogens is 1. The van der Waals surface area contributed by atoms with E-state index in [1.54, 1.807) is 5.48 Å². The maximum atomic E-state index is 12.4. The van der Waals surface area contributed by atoms with Crippen LogP contribution < -0.4 is 10.8 Å². The summed E-state index contributed by atoms with van der Waals surface area (Å²) in [6, 6.07) is 6.03. The SMILES string of the molecule is Cc1ccc2nc(NC(=O)CN3CCN(C(=O)CCCCCCC(=O)NO)CC3)sc2c1. The van der Waals surface area contributed by atoms with Gasteiger partial charge < -0.3 is 10.2 Å². The van der Waals surface area contributed by atoms with Crippen molar-refractivity contribution in [3.8, 4) is 0 Å². The Morgan fingerprint density at radius 1 is 1.03 bits per heavy atom. The minimum atomic E-state index is -0.372. The molecule has 0 unspecified atom stereocenters. The van der Waals surface area contributed by atoms with Gasteiger partial charge >= 0.3 is 0 Å². The van der Waals surface area contributed by atoms with E-state index in [1.165, 1.54) is 16.9 Å². The second-order valence-corrected chi connectivity index (χ2v) is 9.18. The zero-order valence-corrected chi connectivity index (χ0v) is 19.2. The number of nitrogens with one attached hydrogen (secondary N) is 2. The first-order valence-corrected chi connectivity index (χ1v) is 11.9. The van der Waals surface area contributed by atoms with Crippen LogP contribution >= 0.6 is 11.3 Å². The second kappa shape index (κ2) is 11.9. The molecule has 0 aliphatic carbocycles. The molecular weight excluding hydrogens is 430 g/mol. The second-order valence-electron chi connectivity index (χ2n) is 8.14. The summed E-state index contributed by atoms with van der Waals surface area (Å²) in [5.74, 6) is -0.315. The molecule has 2 heterocycles. The van der Waals surface area contributed by atoms with Crippen LogP contribution in [0.1, 0.15) is 44.1 Å². The van der Waals surface area contributed by atoms with Crippen molar-refractivity contribution in [2.24, 2.45) is 0 Å². The molecule has 174 valence electrons. The molecule has 0 bridgehead atoms. The van der Waals surface area contributed by atoms with Gasteiger partial charge in [0.25, 0.3) is 0 Å². The van der Waals surface area contributed by atoms with Gasteiger partial charge in [-0.15, -0.1) is 0 Å². The number of aryl methyl sites for hydroxylation is 1. The number of fused-ring (bicyclic) bond motifs is 1. The molecule has 10 heteroatoms. The topological polar surface area (TPSA) is 115 Å². The van der Waals surface area contributed by atoms with Crippen molar-refractivity contribution >= 4 is 44.4 Å². The number of benzene rings is 1. The molecule has 2 aromatic rings. The number of thiazole rings is 1. The van der Waals surface area contributed by atoms with Gasteiger partial charge in [0, 0.05) is 39.0 Å². The lowest BCUT2D eigenvalue weighted by atomic mass is 10.1. The maximum absolute atomic E-state index is 12.4. The van der Waals surface area contributed by atoms with Crippen molar-refractivity contribution in [1.82, 2.24) is 20.3 Å². The highest BCUT2D eigenvalue weighted by Crippen LogP contribution is 2.26. The van der Waals surface area contributed by atoms with Crippen LogP contribution in [-0.2, 0) is 14.4 Å². The Labute approximate surface area is 191 Å². The standard InChI is InChI=1S/C22H31N5O4S/c1-16-8-9-17-18(14-16)32-22(23-17)24-20(29)15-26-10-12-27(13-11-26)21(30)7-5-3-2-4-6-19(28)25-31/h8-9,14,31H,2-7,10-13,15H2,1H3,(H,25,28)(H,23,24,29). The van der Waals surface area contributed by atoms with E-state index >= 15 is 0 Å². The minimum absolute atomic E-state index is 0.0876. The lowest BCUT2D eigenvalue weighted by Gasteiger charge is -2.34. The highest BCUT2D eigenvalue weighted by molar-refractivity contribution is 7.22. The molecule has 1 aliphatic heterocycles. The van der Waals surface area contributed by atoms with E-state index in [0.717, 1.165) is 29.5 Å². The van der Waals surface area contributed by atoms with Gasteiger partial charge in [-0.2, -0.15) is 0 Å². The molecule has 3 rings (SSSR count). The largest absolute Gasteiger partial charge is 0.340 e. The average molecular weight is 462 g/mol. The molecule has 3 N–H and O–H groups in total. The number of rotatable bonds is 10. The van der Waals surface area contributed by atoms with E-state index in [0.29, 0.717) is 57.1 Å². The number of hydrogen-bond donors (Lipinski definition) is 3. The predicted octanol–water partition coefficient (Wildman–Crippen LogP) is 2.53. The number of nitrogens with zero attached hydrogens (tertiary/aromatic N) is 3. The molecule has 1 aromatic carbocycles. The maximum Gasteiger partial charge on any atom is 0.243 e. The summed E-state index contributed by atoms with van der Waals surface area (Å²) in [7, 11) is 0. The summed E-state index contributed by atoms with van der Waals surface area (Å²) in [6.07, 6.45) is 4.05. The van der Waals surface area contributed by atoms with Gasteiger partial charge in [-0.25, -0.2) is 10.5 Å². The predicted molar refractivity (Wildman–Crippen MR) is 124 cm³/mol. The first kappa shape index (κ1) is 24.1. The molecule has 1 aromatic heterocycles. The van der Waals surface area contributed by atoms with Gasteiger partial charge in [0.2, 0.25) is 17.7 Å². The van der Waals surface area contributed by atoms with Gasteiger partial charge in [-0.3, -0.25) is 24.5 Å². The van der Waals surface area contributed by atoms with Gasteiger partial charge in [0.1, 0.15) is 0 Å². The van der Waals surface area contributed by atoms with E-state index in [4.69, 9.17) is 5.21 Å². The van der Waals surface area contributed by atoms with Crippen LogP contribution in [-0.4, -0.2) is 70.4 Å². The minimum Gasteiger partial charge on any atom is -0.340 e. The van der Waals surface area contributed by atoms with Crippen LogP contribution in [0.3, 0.4) is 0 Å². The number of hydroxylamine groups is 1. The molecular formula is C22H31N5O4S. The Kier molecular flexibility index (Phi) is 8.95. The average Bonchev–Trinajstić information content (AvgIpc) is 3.17. The number of unbranched alkanes of at least 4 members (excludes halogenated alkanes) is 3. The van der Waals surface area contributed by atoms with Crippen LogP contribution in [0, 0.1) is 6.92 Å². The molecule has 0 radical (unpaired) electrons. The smallest absolute Gasteiger partial charge is 0.243 e. The molecule has 0 saturated carbocycles. The van der Waals surface area contributed by atoms with Gasteiger partial charge in [0.05, 0.1) is 16.8 Å². The van der Waals surface area contributed by atoms with E-state index < -0.39 is 0 Å². The fraction of sp³-hybridized carbons (Fsp3) is 0.545. The zero-order chi connectivity index (χ0) is 22.9. The quantitative estimate of drug-likeness (QED) is 0.285. The number of amides is 3. The summed E-state index contributed by atoms with van der Waals surface area (Å²) >= 11 is 1.48. The van der Waals surface area contributed by atoms with Crippen LogP contribution in [0.2, 0.25) is 0 Å². The third-order valence-corrected chi connectivity index (χ3v) is 6.49. The van der Waals surface area contributed by atoms with E-state index in [1.807, 2.05) is 24.0 Å². The van der Waals surface area contributed by atoms with E-state index in [2.05, 4.69) is 21.3 Å². The number of carbonyl (C=O) groups is 3. The first-order chi connectivity index (χ1) is 15.4. The Bertz CT molecular complexity index is 940. The fourth-order valence-electron chi connectivity index (χ4n) is 3.73. The molecule has 1 saturated heterocycles. The third-order valence-electron chi connectivity index (χ3n) is 5.55. The van der Waals surface area contributed by atoms with Crippen molar-refractivity contribution in [1.29, 1.82) is 0 Å². The third kappa shape index (κ3) is 7.25. The van der Waals surface area contributed by atoms with E-state index in [9.17, 15) is 14.4 Å². The summed E-state index contributed by atoms with van der Waals surface area (Å²) < 4.78 is 1.06. The Balaban J connectivity index is 1.32. The van der Waals surface area contributed by atoms with Crippen LogP contribution in [0.4, 0.5) is 5.13 Å². The Hall–Kier alpha value is -2.56. The highest BCUT2D eigenvalue weighted by Gasteiger charge is 2.22. The molecule has 0 atom stereocenters. The van der Waals surface area contributed by atoms with Crippen LogP contribution in [0.25, 0.3) is 10.2 Å². The fourth-order valence-corrected chi connectivity index (χ4v) is 4.71. The number of piperazine rings is 1. The lowest BCUT2D eigenvalue weighted by molar-refractivity contribution is -0.133. The number of anilines is 1. The molecule has 1 fully saturated rings. The lowest BCUT2D eigenvalue weighted by Crippen LogP contribution is -2.50. The summed E-state index contributed by atoms with van der Waals surface area (Å²) in [6.45, 7) is 4.93. The van der Waals surface area contributed by atoms with Crippen molar-refractivity contribution in [2.45, 2.75) is 45.4 Å². The molecule has 0 spiro atoms. The van der Waals surface area contributed by atoms with Crippen LogP contribution in [0.5, 0.6) is 0 Å². The van der Waals surface area contributed by atoms with Gasteiger partial charge in [0.15, 0.2) is 5.13 Å². The monoisotopic (exact) mass is 461 g/mol. The van der Waals surface area contributed by atoms with Crippen molar-refractivity contribution in [3.05, 3.63) is 23.8 Å². The zero-order valence-electron chi connectivity index (χ0n) is 18.4. The number of carbonyl (C=O) groups excluding carboxylic acids is 3. The van der Waals surface area contributed by atoms with Crippen molar-refractivity contribution in [3.63, 3.8) is 0 Å². The summed E-state index contributed by atoms with van der Waals surface area (Å²) in [5.41, 5.74) is 3.67. The molecule has 1 aliphatic rings. The first-order valence-electron chi connectivity index (χ1n) is 11.0. The Morgan fingerprint density at radius 2 is 1.75 bits per heavy atom. The highest BCUT2D eigenvalue weighted by atomic mass is 32.1. The molecule has 3 amide bonds. The van der Waals surface area contributed by atoms with Crippen LogP contribution in [0.15, 0.2) is 18.2 Å². The van der Waals surface area contributed by atoms with Crippen molar-refractivity contribution in [2.75, 3.05) is 38.0 Å².